The van der Waals surface area contributed by atoms with Crippen LogP contribution in [0, 0.1) is 0 Å². The summed E-state index contributed by atoms with van der Waals surface area (Å²) in [7, 11) is 0. The Hall–Kier alpha value is -0.860. The van der Waals surface area contributed by atoms with E-state index in [1.165, 1.54) is 50.8 Å². The fourth-order valence-electron chi connectivity index (χ4n) is 3.27. The second-order valence-electron chi connectivity index (χ2n) is 5.76. The first-order chi connectivity index (χ1) is 8.93. The van der Waals surface area contributed by atoms with Crippen LogP contribution in [0.2, 0.25) is 0 Å². The molecule has 1 aliphatic heterocycles. The van der Waals surface area contributed by atoms with E-state index in [4.69, 9.17) is 0 Å². The molecule has 2 nitrogen and oxygen atoms in total. The quantitative estimate of drug-likeness (QED) is 0.876. The van der Waals surface area contributed by atoms with Crippen LogP contribution in [0.4, 0.5) is 0 Å². The lowest BCUT2D eigenvalue weighted by atomic mass is 9.91. The Morgan fingerprint density at radius 3 is 2.28 bits per heavy atom. The molecule has 98 valence electrons. The molecule has 1 aromatic carbocycles. The summed E-state index contributed by atoms with van der Waals surface area (Å²) in [6, 6.07) is 12.6. The zero-order valence-corrected chi connectivity index (χ0v) is 11.1. The first kappa shape index (κ1) is 12.2. The van der Waals surface area contributed by atoms with E-state index in [1.807, 2.05) is 0 Å². The number of nitrogens with zero attached hydrogens (tertiary/aromatic N) is 1. The molecular formula is C16H24N2. The summed E-state index contributed by atoms with van der Waals surface area (Å²) in [5.74, 6) is 0. The summed E-state index contributed by atoms with van der Waals surface area (Å²) >= 11 is 0. The molecule has 18 heavy (non-hydrogen) atoms. The van der Waals surface area contributed by atoms with Crippen molar-refractivity contribution in [1.29, 1.82) is 0 Å². The van der Waals surface area contributed by atoms with Crippen LogP contribution in [0.15, 0.2) is 30.3 Å². The van der Waals surface area contributed by atoms with Crippen LogP contribution in [0.3, 0.4) is 0 Å². The summed E-state index contributed by atoms with van der Waals surface area (Å²) in [4.78, 5) is 2.77. The predicted octanol–water partition coefficient (Wildman–Crippen LogP) is 2.79. The van der Waals surface area contributed by atoms with Crippen LogP contribution in [0.25, 0.3) is 0 Å². The Bertz CT molecular complexity index is 353. The zero-order chi connectivity index (χ0) is 12.2. The molecule has 0 spiro atoms. The van der Waals surface area contributed by atoms with Gasteiger partial charge in [0, 0.05) is 31.7 Å². The van der Waals surface area contributed by atoms with Crippen LogP contribution in [-0.4, -0.2) is 30.1 Å². The van der Waals surface area contributed by atoms with Crippen molar-refractivity contribution in [1.82, 2.24) is 10.2 Å². The average molecular weight is 244 g/mol. The van der Waals surface area contributed by atoms with Gasteiger partial charge in [-0.2, -0.15) is 0 Å². The average Bonchev–Trinajstić information content (AvgIpc) is 2.38. The third-order valence-corrected chi connectivity index (χ3v) is 4.48. The predicted molar refractivity (Wildman–Crippen MR) is 75.5 cm³/mol. The standard InChI is InChI=1S/C16H24N2/c1-3-7-14(8-4-1)13-18(16-11-17-12-16)15-9-5-2-6-10-15/h1,3-4,7-8,15-17H,2,5-6,9-13H2. The van der Waals surface area contributed by atoms with Crippen molar-refractivity contribution in [2.75, 3.05) is 13.1 Å². The third-order valence-electron chi connectivity index (χ3n) is 4.48. The number of rotatable bonds is 4. The van der Waals surface area contributed by atoms with Crippen molar-refractivity contribution in [3.63, 3.8) is 0 Å². The maximum atomic E-state index is 3.42. The van der Waals surface area contributed by atoms with Crippen molar-refractivity contribution >= 4 is 0 Å². The molecule has 0 atom stereocenters. The number of nitrogens with one attached hydrogen (secondary N) is 1. The van der Waals surface area contributed by atoms with Crippen molar-refractivity contribution in [2.45, 2.75) is 50.7 Å². The van der Waals surface area contributed by atoms with Crippen LogP contribution in [0.5, 0.6) is 0 Å². The van der Waals surface area contributed by atoms with Crippen LogP contribution in [-0.2, 0) is 6.54 Å². The Kier molecular flexibility index (Phi) is 3.96. The van der Waals surface area contributed by atoms with Gasteiger partial charge in [-0.15, -0.1) is 0 Å². The molecule has 2 fully saturated rings. The maximum Gasteiger partial charge on any atom is 0.0351 e. The SMILES string of the molecule is c1ccc(CN(C2CCCCC2)C2CNC2)cc1. The fourth-order valence-corrected chi connectivity index (χ4v) is 3.27. The van der Waals surface area contributed by atoms with Crippen LogP contribution < -0.4 is 5.32 Å². The molecule has 2 heteroatoms. The van der Waals surface area contributed by atoms with E-state index in [0.29, 0.717) is 0 Å². The van der Waals surface area contributed by atoms with Crippen LogP contribution in [0.1, 0.15) is 37.7 Å². The van der Waals surface area contributed by atoms with E-state index in [0.717, 1.165) is 18.6 Å². The van der Waals surface area contributed by atoms with Crippen molar-refractivity contribution in [3.05, 3.63) is 35.9 Å². The highest BCUT2D eigenvalue weighted by atomic mass is 15.3. The van der Waals surface area contributed by atoms with E-state index >= 15 is 0 Å². The van der Waals surface area contributed by atoms with Gasteiger partial charge in [0.15, 0.2) is 0 Å². The van der Waals surface area contributed by atoms with Gasteiger partial charge in [0.2, 0.25) is 0 Å². The van der Waals surface area contributed by atoms with Gasteiger partial charge in [0.1, 0.15) is 0 Å². The minimum atomic E-state index is 0.772. The van der Waals surface area contributed by atoms with Gasteiger partial charge in [-0.05, 0) is 18.4 Å². The van der Waals surface area contributed by atoms with Crippen molar-refractivity contribution in [3.8, 4) is 0 Å². The summed E-state index contributed by atoms with van der Waals surface area (Å²) < 4.78 is 0. The molecule has 1 N–H and O–H groups in total. The van der Waals surface area contributed by atoms with Gasteiger partial charge in [-0.1, -0.05) is 49.6 Å². The van der Waals surface area contributed by atoms with Gasteiger partial charge < -0.3 is 5.32 Å². The topological polar surface area (TPSA) is 15.3 Å². The molecule has 0 bridgehead atoms. The van der Waals surface area contributed by atoms with Crippen molar-refractivity contribution in [2.24, 2.45) is 0 Å². The first-order valence-electron chi connectivity index (χ1n) is 7.44. The molecular weight excluding hydrogens is 220 g/mol. The molecule has 1 saturated carbocycles. The Balaban J connectivity index is 1.68. The minimum Gasteiger partial charge on any atom is -0.314 e. The highest BCUT2D eigenvalue weighted by Gasteiger charge is 2.30. The molecule has 0 radical (unpaired) electrons. The summed E-state index contributed by atoms with van der Waals surface area (Å²) in [5, 5.41) is 3.42. The third kappa shape index (κ3) is 2.76. The van der Waals surface area contributed by atoms with E-state index in [-0.39, 0.29) is 0 Å². The van der Waals surface area contributed by atoms with Gasteiger partial charge >= 0.3 is 0 Å². The summed E-state index contributed by atoms with van der Waals surface area (Å²) in [5.41, 5.74) is 1.47. The molecule has 3 rings (SSSR count). The van der Waals surface area contributed by atoms with E-state index in [9.17, 15) is 0 Å². The monoisotopic (exact) mass is 244 g/mol. The van der Waals surface area contributed by atoms with Gasteiger partial charge in [-0.25, -0.2) is 0 Å². The Labute approximate surface area is 110 Å². The van der Waals surface area contributed by atoms with Crippen molar-refractivity contribution < 1.29 is 0 Å². The van der Waals surface area contributed by atoms with Gasteiger partial charge in [0.05, 0.1) is 0 Å². The molecule has 1 saturated heterocycles. The normalized spacial score (nSPS) is 22.1. The summed E-state index contributed by atoms with van der Waals surface area (Å²) in [6.07, 6.45) is 7.11. The highest BCUT2D eigenvalue weighted by Crippen LogP contribution is 2.26. The van der Waals surface area contributed by atoms with Gasteiger partial charge in [0.25, 0.3) is 0 Å². The smallest absolute Gasteiger partial charge is 0.0351 e. The van der Waals surface area contributed by atoms with E-state index < -0.39 is 0 Å². The lowest BCUT2D eigenvalue weighted by molar-refractivity contribution is 0.0656. The molecule has 1 aromatic rings. The Morgan fingerprint density at radius 2 is 1.67 bits per heavy atom. The molecule has 1 heterocycles. The first-order valence-corrected chi connectivity index (χ1v) is 7.44. The molecule has 0 amide bonds. The second-order valence-corrected chi connectivity index (χ2v) is 5.76. The molecule has 0 aromatic heterocycles. The number of hydrogen-bond acceptors (Lipinski definition) is 2. The largest absolute Gasteiger partial charge is 0.314 e. The molecule has 1 aliphatic carbocycles. The number of benzene rings is 1. The second kappa shape index (κ2) is 5.85. The highest BCUT2D eigenvalue weighted by molar-refractivity contribution is 5.15. The molecule has 0 unspecified atom stereocenters. The van der Waals surface area contributed by atoms with E-state index in [1.54, 1.807) is 0 Å². The fraction of sp³-hybridized carbons (Fsp3) is 0.625. The zero-order valence-electron chi connectivity index (χ0n) is 11.1. The van der Waals surface area contributed by atoms with E-state index in [2.05, 4.69) is 40.5 Å². The van der Waals surface area contributed by atoms with Crippen LogP contribution >= 0.6 is 0 Å². The minimum absolute atomic E-state index is 0.772. The lowest BCUT2D eigenvalue weighted by Gasteiger charge is -2.44. The Morgan fingerprint density at radius 1 is 0.944 bits per heavy atom. The number of hydrogen-bond donors (Lipinski definition) is 1. The maximum absolute atomic E-state index is 3.42. The molecule has 2 aliphatic rings. The lowest BCUT2D eigenvalue weighted by Crippen LogP contribution is -2.59. The summed E-state index contributed by atoms with van der Waals surface area (Å²) in [6.45, 7) is 3.50. The van der Waals surface area contributed by atoms with Gasteiger partial charge in [-0.3, -0.25) is 4.90 Å².